The zero-order valence-corrected chi connectivity index (χ0v) is 8.27. The Bertz CT molecular complexity index is 389. The summed E-state index contributed by atoms with van der Waals surface area (Å²) in [5.41, 5.74) is 6.80. The Labute approximate surface area is 87.7 Å². The number of carboxylic acids is 1. The Morgan fingerprint density at radius 1 is 1.60 bits per heavy atom. The summed E-state index contributed by atoms with van der Waals surface area (Å²) >= 11 is 0. The fourth-order valence-corrected chi connectivity index (χ4v) is 1.74. The predicted octanol–water partition coefficient (Wildman–Crippen LogP) is 0.895. The van der Waals surface area contributed by atoms with Crippen molar-refractivity contribution in [1.29, 1.82) is 0 Å². The highest BCUT2D eigenvalue weighted by molar-refractivity contribution is 5.88. The number of carbonyl (C=O) groups is 1. The molecule has 2 rings (SSSR count). The van der Waals surface area contributed by atoms with Crippen LogP contribution < -0.4 is 10.5 Å². The van der Waals surface area contributed by atoms with Crippen LogP contribution in [0.15, 0.2) is 18.2 Å². The van der Waals surface area contributed by atoms with E-state index in [1.54, 1.807) is 18.2 Å². The maximum absolute atomic E-state index is 10.8. The molecule has 0 bridgehead atoms. The summed E-state index contributed by atoms with van der Waals surface area (Å²) in [5.74, 6) is 0.166. The Hall–Kier alpha value is -1.55. The van der Waals surface area contributed by atoms with Gasteiger partial charge in [-0.05, 0) is 36.7 Å². The molecule has 1 atom stereocenters. The van der Waals surface area contributed by atoms with Gasteiger partial charge in [-0.25, -0.2) is 4.79 Å². The molecule has 1 unspecified atom stereocenters. The third kappa shape index (κ3) is 1.94. The van der Waals surface area contributed by atoms with E-state index < -0.39 is 5.97 Å². The van der Waals surface area contributed by atoms with Crippen molar-refractivity contribution >= 4 is 5.97 Å². The molecule has 1 aliphatic rings. The second kappa shape index (κ2) is 3.90. The van der Waals surface area contributed by atoms with Crippen molar-refractivity contribution in [2.75, 3.05) is 13.2 Å². The summed E-state index contributed by atoms with van der Waals surface area (Å²) in [7, 11) is 0. The number of aromatic carboxylic acids is 1. The quantitative estimate of drug-likeness (QED) is 0.755. The van der Waals surface area contributed by atoms with Crippen molar-refractivity contribution in [1.82, 2.24) is 0 Å². The lowest BCUT2D eigenvalue weighted by Gasteiger charge is -2.24. The molecule has 1 aliphatic heterocycles. The standard InChI is InChI=1S/C11H13NO3/c12-5-7-3-9-4-8(11(13)14)1-2-10(9)15-6-7/h1-2,4,7H,3,5-6,12H2,(H,13,14). The summed E-state index contributed by atoms with van der Waals surface area (Å²) < 4.78 is 5.49. The molecule has 1 heterocycles. The fourth-order valence-electron chi connectivity index (χ4n) is 1.74. The summed E-state index contributed by atoms with van der Waals surface area (Å²) in [4.78, 5) is 10.8. The topological polar surface area (TPSA) is 72.5 Å². The van der Waals surface area contributed by atoms with Crippen LogP contribution in [0.3, 0.4) is 0 Å². The number of fused-ring (bicyclic) bond motifs is 1. The molecular weight excluding hydrogens is 194 g/mol. The third-order valence-corrected chi connectivity index (χ3v) is 2.62. The van der Waals surface area contributed by atoms with Gasteiger partial charge in [-0.2, -0.15) is 0 Å². The molecule has 4 heteroatoms. The van der Waals surface area contributed by atoms with Gasteiger partial charge in [-0.3, -0.25) is 0 Å². The van der Waals surface area contributed by atoms with E-state index in [9.17, 15) is 4.79 Å². The number of ether oxygens (including phenoxy) is 1. The Balaban J connectivity index is 2.30. The zero-order valence-electron chi connectivity index (χ0n) is 8.27. The van der Waals surface area contributed by atoms with E-state index in [0.717, 1.165) is 17.7 Å². The molecule has 0 radical (unpaired) electrons. The number of benzene rings is 1. The van der Waals surface area contributed by atoms with Crippen LogP contribution >= 0.6 is 0 Å². The predicted molar refractivity (Wildman–Crippen MR) is 55.1 cm³/mol. The molecule has 0 aliphatic carbocycles. The highest BCUT2D eigenvalue weighted by atomic mass is 16.5. The molecule has 0 spiro atoms. The van der Waals surface area contributed by atoms with Crippen molar-refractivity contribution in [2.45, 2.75) is 6.42 Å². The zero-order chi connectivity index (χ0) is 10.8. The van der Waals surface area contributed by atoms with Gasteiger partial charge in [0, 0.05) is 5.92 Å². The average Bonchev–Trinajstić information content (AvgIpc) is 2.27. The van der Waals surface area contributed by atoms with E-state index in [1.165, 1.54) is 0 Å². The van der Waals surface area contributed by atoms with Gasteiger partial charge in [0.1, 0.15) is 5.75 Å². The van der Waals surface area contributed by atoms with Crippen molar-refractivity contribution in [3.05, 3.63) is 29.3 Å². The summed E-state index contributed by atoms with van der Waals surface area (Å²) in [6, 6.07) is 4.94. The maximum atomic E-state index is 10.8. The molecule has 15 heavy (non-hydrogen) atoms. The van der Waals surface area contributed by atoms with E-state index in [4.69, 9.17) is 15.6 Å². The highest BCUT2D eigenvalue weighted by Crippen LogP contribution is 2.27. The number of carboxylic acid groups (broad SMARTS) is 1. The molecule has 0 saturated carbocycles. The first-order valence-corrected chi connectivity index (χ1v) is 4.90. The Morgan fingerprint density at radius 2 is 2.40 bits per heavy atom. The highest BCUT2D eigenvalue weighted by Gasteiger charge is 2.19. The van der Waals surface area contributed by atoms with Gasteiger partial charge >= 0.3 is 5.97 Å². The van der Waals surface area contributed by atoms with Crippen LogP contribution in [-0.4, -0.2) is 24.2 Å². The second-order valence-electron chi connectivity index (χ2n) is 3.74. The van der Waals surface area contributed by atoms with Crippen molar-refractivity contribution < 1.29 is 14.6 Å². The monoisotopic (exact) mass is 207 g/mol. The number of hydrogen-bond acceptors (Lipinski definition) is 3. The smallest absolute Gasteiger partial charge is 0.335 e. The third-order valence-electron chi connectivity index (χ3n) is 2.62. The lowest BCUT2D eigenvalue weighted by atomic mass is 9.95. The molecule has 0 aromatic heterocycles. The SMILES string of the molecule is NCC1COc2ccc(C(=O)O)cc2C1. The van der Waals surface area contributed by atoms with Crippen LogP contribution in [0.1, 0.15) is 15.9 Å². The van der Waals surface area contributed by atoms with Gasteiger partial charge in [0.2, 0.25) is 0 Å². The van der Waals surface area contributed by atoms with Crippen molar-refractivity contribution in [3.8, 4) is 5.75 Å². The van der Waals surface area contributed by atoms with Crippen LogP contribution in [0.2, 0.25) is 0 Å². The molecule has 0 saturated heterocycles. The van der Waals surface area contributed by atoms with Crippen LogP contribution in [0.4, 0.5) is 0 Å². The number of hydrogen-bond donors (Lipinski definition) is 2. The van der Waals surface area contributed by atoms with Crippen LogP contribution in [0.5, 0.6) is 5.75 Å². The van der Waals surface area contributed by atoms with Gasteiger partial charge in [0.15, 0.2) is 0 Å². The minimum Gasteiger partial charge on any atom is -0.493 e. The van der Waals surface area contributed by atoms with E-state index >= 15 is 0 Å². The summed E-state index contributed by atoms with van der Waals surface area (Å²) in [6.45, 7) is 1.19. The minimum atomic E-state index is -0.910. The van der Waals surface area contributed by atoms with Crippen LogP contribution in [0.25, 0.3) is 0 Å². The fraction of sp³-hybridized carbons (Fsp3) is 0.364. The summed E-state index contributed by atoms with van der Waals surface area (Å²) in [6.07, 6.45) is 0.799. The van der Waals surface area contributed by atoms with Gasteiger partial charge < -0.3 is 15.6 Å². The Kier molecular flexibility index (Phi) is 2.60. The molecule has 3 N–H and O–H groups in total. The molecule has 0 amide bonds. The lowest BCUT2D eigenvalue weighted by molar-refractivity contribution is 0.0696. The number of nitrogens with two attached hydrogens (primary N) is 1. The maximum Gasteiger partial charge on any atom is 0.335 e. The second-order valence-corrected chi connectivity index (χ2v) is 3.74. The van der Waals surface area contributed by atoms with Crippen LogP contribution in [0, 0.1) is 5.92 Å². The largest absolute Gasteiger partial charge is 0.493 e. The van der Waals surface area contributed by atoms with E-state index in [-0.39, 0.29) is 0 Å². The van der Waals surface area contributed by atoms with Gasteiger partial charge in [0.05, 0.1) is 12.2 Å². The average molecular weight is 207 g/mol. The van der Waals surface area contributed by atoms with Gasteiger partial charge in [-0.1, -0.05) is 0 Å². The molecule has 4 nitrogen and oxygen atoms in total. The summed E-state index contributed by atoms with van der Waals surface area (Å²) in [5, 5.41) is 8.84. The van der Waals surface area contributed by atoms with Crippen LogP contribution in [-0.2, 0) is 6.42 Å². The lowest BCUT2D eigenvalue weighted by Crippen LogP contribution is -2.27. The minimum absolute atomic E-state index is 0.293. The Morgan fingerprint density at radius 3 is 3.07 bits per heavy atom. The first-order chi connectivity index (χ1) is 7.20. The van der Waals surface area contributed by atoms with Gasteiger partial charge in [-0.15, -0.1) is 0 Å². The first kappa shape index (κ1) is 9.98. The molecule has 1 aromatic carbocycles. The molecule has 80 valence electrons. The first-order valence-electron chi connectivity index (χ1n) is 4.90. The molecule has 0 fully saturated rings. The van der Waals surface area contributed by atoms with Crippen molar-refractivity contribution in [2.24, 2.45) is 11.7 Å². The van der Waals surface area contributed by atoms with Gasteiger partial charge in [0.25, 0.3) is 0 Å². The molecular formula is C11H13NO3. The molecule has 1 aromatic rings. The number of rotatable bonds is 2. The van der Waals surface area contributed by atoms with E-state index in [1.807, 2.05) is 0 Å². The normalized spacial score (nSPS) is 19.1. The van der Waals surface area contributed by atoms with Crippen molar-refractivity contribution in [3.63, 3.8) is 0 Å². The van der Waals surface area contributed by atoms with E-state index in [0.29, 0.717) is 24.6 Å². The van der Waals surface area contributed by atoms with E-state index in [2.05, 4.69) is 0 Å².